The van der Waals surface area contributed by atoms with Crippen molar-refractivity contribution in [1.29, 1.82) is 0 Å². The second-order valence-electron chi connectivity index (χ2n) is 22.8. The lowest BCUT2D eigenvalue weighted by molar-refractivity contribution is 0.111. The fraction of sp³-hybridized carbons (Fsp3) is 0.567. The van der Waals surface area contributed by atoms with Crippen LogP contribution in [0.15, 0.2) is 97.6 Å². The van der Waals surface area contributed by atoms with Crippen LogP contribution in [0.3, 0.4) is 0 Å². The van der Waals surface area contributed by atoms with Crippen molar-refractivity contribution in [2.75, 3.05) is 0 Å². The highest BCUT2D eigenvalue weighted by molar-refractivity contribution is 5.80. The van der Waals surface area contributed by atoms with E-state index in [0.29, 0.717) is 16.2 Å². The predicted molar refractivity (Wildman–Crippen MR) is 322 cm³/mol. The summed E-state index contributed by atoms with van der Waals surface area (Å²) in [5.41, 5.74) is 16.8. The molecule has 0 aliphatic heterocycles. The molecule has 7 rings (SSSR count). The maximum Gasteiger partial charge on any atom is 0.139 e. The van der Waals surface area contributed by atoms with E-state index in [1.807, 2.05) is 79.3 Å². The minimum atomic E-state index is 0.542. The third kappa shape index (κ3) is 38.7. The third-order valence-electron chi connectivity index (χ3n) is 11.7. The molecule has 1 aliphatic carbocycles. The van der Waals surface area contributed by atoms with Gasteiger partial charge in [-0.2, -0.15) is 0 Å². The summed E-state index contributed by atoms with van der Waals surface area (Å²) in [5, 5.41) is 1.26. The van der Waals surface area contributed by atoms with Crippen LogP contribution >= 0.6 is 0 Å². The van der Waals surface area contributed by atoms with Crippen molar-refractivity contribution in [3.05, 3.63) is 159 Å². The first-order chi connectivity index (χ1) is 32.9. The fourth-order valence-corrected chi connectivity index (χ4v) is 6.75. The Hall–Kier alpha value is -4.57. The smallest absolute Gasteiger partial charge is 0.139 e. The summed E-state index contributed by atoms with van der Waals surface area (Å²) >= 11 is 0. The van der Waals surface area contributed by atoms with Crippen LogP contribution in [0.1, 0.15) is 210 Å². The molecule has 4 aromatic heterocycles. The van der Waals surface area contributed by atoms with Gasteiger partial charge in [0.05, 0.1) is 0 Å². The van der Waals surface area contributed by atoms with E-state index in [9.17, 15) is 0 Å². The van der Waals surface area contributed by atoms with Gasteiger partial charge in [-0.15, -0.1) is 0 Å². The maximum absolute atomic E-state index is 4.36. The Morgan fingerprint density at radius 3 is 1.14 bits per heavy atom. The molecule has 0 unspecified atom stereocenters. The number of benzene rings is 2. The first-order valence-electron chi connectivity index (χ1n) is 27.1. The van der Waals surface area contributed by atoms with Gasteiger partial charge in [0.2, 0.25) is 0 Å². The molecular weight excluding hydrogens is 861 g/mol. The zero-order chi connectivity index (χ0) is 55.5. The molecule has 71 heavy (non-hydrogen) atoms. The molecule has 0 N–H and O–H groups in total. The highest BCUT2D eigenvalue weighted by Crippen LogP contribution is 2.44. The van der Waals surface area contributed by atoms with Crippen LogP contribution in [0.2, 0.25) is 0 Å². The molecule has 4 nitrogen and oxygen atoms in total. The molecule has 0 radical (unpaired) electrons. The van der Waals surface area contributed by atoms with E-state index in [1.165, 1.54) is 100 Å². The van der Waals surface area contributed by atoms with Crippen molar-refractivity contribution in [2.24, 2.45) is 29.2 Å². The molecule has 400 valence electrons. The summed E-state index contributed by atoms with van der Waals surface area (Å²) < 4.78 is 2.06. The second-order valence-corrected chi connectivity index (χ2v) is 22.8. The summed E-state index contributed by atoms with van der Waals surface area (Å²) in [6.07, 6.45) is 17.2. The van der Waals surface area contributed by atoms with Gasteiger partial charge in [0.15, 0.2) is 0 Å². The van der Waals surface area contributed by atoms with Crippen LogP contribution in [0.5, 0.6) is 0 Å². The van der Waals surface area contributed by atoms with Crippen LogP contribution in [-0.2, 0) is 7.05 Å². The molecule has 6 aromatic rings. The van der Waals surface area contributed by atoms with Gasteiger partial charge in [0, 0.05) is 48.6 Å². The number of fused-ring (bicyclic) bond motifs is 1. The Kier molecular flexibility index (Phi) is 37.9. The minimum absolute atomic E-state index is 0.542. The van der Waals surface area contributed by atoms with Crippen molar-refractivity contribution in [3.63, 3.8) is 0 Å². The molecule has 0 spiro atoms. The van der Waals surface area contributed by atoms with Crippen LogP contribution in [0.4, 0.5) is 0 Å². The first kappa shape index (κ1) is 70.7. The third-order valence-corrected chi connectivity index (χ3v) is 11.7. The molecular formula is C67H112N4. The van der Waals surface area contributed by atoms with E-state index in [-0.39, 0.29) is 0 Å². The molecule has 0 bridgehead atoms. The van der Waals surface area contributed by atoms with Crippen LogP contribution in [0.25, 0.3) is 11.0 Å². The fourth-order valence-electron chi connectivity index (χ4n) is 6.75. The number of rotatable bonds is 2. The molecule has 2 aromatic carbocycles. The minimum Gasteiger partial charge on any atom is -0.335 e. The van der Waals surface area contributed by atoms with Gasteiger partial charge in [-0.3, -0.25) is 9.97 Å². The highest BCUT2D eigenvalue weighted by atomic mass is 15.0. The number of hydrogen-bond donors (Lipinski definition) is 0. The van der Waals surface area contributed by atoms with Crippen LogP contribution in [-0.4, -0.2) is 19.5 Å². The van der Waals surface area contributed by atoms with Crippen molar-refractivity contribution < 1.29 is 0 Å². The lowest BCUT2D eigenvalue weighted by Crippen LogP contribution is -2.29. The van der Waals surface area contributed by atoms with Gasteiger partial charge in [-0.25, -0.2) is 4.98 Å². The lowest BCUT2D eigenvalue weighted by atomic mass is 9.65. The number of aromatic nitrogens is 4. The van der Waals surface area contributed by atoms with Gasteiger partial charge in [0.1, 0.15) is 5.65 Å². The predicted octanol–water partition coefficient (Wildman–Crippen LogP) is 21.1. The maximum atomic E-state index is 4.36. The van der Waals surface area contributed by atoms with Crippen molar-refractivity contribution >= 4 is 11.0 Å². The zero-order valence-corrected chi connectivity index (χ0v) is 51.6. The number of nitrogens with zero attached hydrogens (tertiary/aromatic N) is 4. The van der Waals surface area contributed by atoms with Gasteiger partial charge in [-0.05, 0) is 175 Å². The number of pyridine rings is 3. The Labute approximate surface area is 441 Å². The zero-order valence-electron chi connectivity index (χ0n) is 51.6. The Bertz CT molecular complexity index is 1980. The molecule has 0 amide bonds. The molecule has 4 heterocycles. The second kappa shape index (κ2) is 38.1. The number of unbranched alkanes of at least 4 members (excludes halogenated alkanes) is 1. The first-order valence-corrected chi connectivity index (χ1v) is 27.1. The SMILES string of the molecule is CC.CC1CC(C)(C)C1.CCC(C)(C)C.CCCC.CCCC(C)(C)C.Cc1ccc(C)cc1.Cc1ccc(C)nc1.Cc1ccc(C)nc1.Cc1cccc(C)c1C.Cc1cnc2c(c1)c(C)cn2C. The topological polar surface area (TPSA) is 43.6 Å². The van der Waals surface area contributed by atoms with Crippen molar-refractivity contribution in [1.82, 2.24) is 19.5 Å². The Balaban J connectivity index is -0.000000738. The van der Waals surface area contributed by atoms with E-state index in [1.54, 1.807) is 0 Å². The monoisotopic (exact) mass is 973 g/mol. The normalized spacial score (nSPS) is 11.8. The molecule has 1 saturated carbocycles. The Morgan fingerprint density at radius 2 is 0.901 bits per heavy atom. The molecule has 1 aliphatic rings. The van der Waals surface area contributed by atoms with Crippen LogP contribution in [0, 0.1) is 98.3 Å². The molecule has 1 fully saturated rings. The van der Waals surface area contributed by atoms with Crippen LogP contribution < -0.4 is 0 Å². The van der Waals surface area contributed by atoms with Crippen molar-refractivity contribution in [2.45, 2.75) is 225 Å². The average Bonchev–Trinajstić information content (AvgIpc) is 3.58. The highest BCUT2D eigenvalue weighted by Gasteiger charge is 2.32. The van der Waals surface area contributed by atoms with E-state index in [2.05, 4.69) is 225 Å². The summed E-state index contributed by atoms with van der Waals surface area (Å²) in [5.74, 6) is 1.01. The van der Waals surface area contributed by atoms with Gasteiger partial charge < -0.3 is 4.57 Å². The molecule has 4 heteroatoms. The Morgan fingerprint density at radius 1 is 0.521 bits per heavy atom. The quantitative estimate of drug-likeness (QED) is 0.174. The summed E-state index contributed by atoms with van der Waals surface area (Å²) in [6.45, 7) is 56.2. The van der Waals surface area contributed by atoms with E-state index in [4.69, 9.17) is 0 Å². The molecule has 0 atom stereocenters. The number of aryl methyl sites for hydroxylation is 11. The summed E-state index contributed by atoms with van der Waals surface area (Å²) in [6, 6.07) is 25.2. The average molecular weight is 974 g/mol. The van der Waals surface area contributed by atoms with E-state index < -0.39 is 0 Å². The van der Waals surface area contributed by atoms with Gasteiger partial charge >= 0.3 is 0 Å². The molecule has 0 saturated heterocycles. The van der Waals surface area contributed by atoms with Gasteiger partial charge in [-0.1, -0.05) is 195 Å². The summed E-state index contributed by atoms with van der Waals surface area (Å²) in [4.78, 5) is 12.5. The number of hydrogen-bond acceptors (Lipinski definition) is 3. The van der Waals surface area contributed by atoms with Gasteiger partial charge in [0.25, 0.3) is 0 Å². The van der Waals surface area contributed by atoms with E-state index in [0.717, 1.165) is 23.0 Å². The largest absolute Gasteiger partial charge is 0.335 e. The van der Waals surface area contributed by atoms with E-state index >= 15 is 0 Å². The standard InChI is InChI=1S/C10H12N2.C9H12.C8H10.2C7H9N.C7H14.C7H16.C6H14.C4H10.C2H6/c1-7-4-9-8(2)6-12(3)10(9)11-5-7;1-7-5-4-6-8(2)9(7)3;1-7-3-5-8(2)6-4-7;2*1-6-3-4-7(2)8-5-6;1-6-4-7(2,3)5-6;1-5-6-7(2,3)4;1-5-6(2,3)4;1-3-4-2;1-2/h4-6H,1-3H3;4-6H,1-3H3;3-6H,1-2H3;2*3-5H,1-2H3;6H,4-5H2,1-3H3;5-6H2,1-4H3;5H2,1-4H3;3-4H2,1-2H3;1-2H3. The summed E-state index contributed by atoms with van der Waals surface area (Å²) in [7, 11) is 2.03. The van der Waals surface area contributed by atoms with Crippen molar-refractivity contribution in [3.8, 4) is 0 Å². The lowest BCUT2D eigenvalue weighted by Gasteiger charge is -2.40.